The molecule has 1 heterocycles. The number of carbonyl (C=O) groups is 1. The molecule has 1 fully saturated rings. The van der Waals surface area contributed by atoms with Crippen molar-refractivity contribution in [3.8, 4) is 11.1 Å². The summed E-state index contributed by atoms with van der Waals surface area (Å²) in [6.45, 7) is 1.55. The monoisotopic (exact) mass is 349 g/mol. The van der Waals surface area contributed by atoms with Gasteiger partial charge in [-0.15, -0.1) is 0 Å². The van der Waals surface area contributed by atoms with Crippen molar-refractivity contribution in [2.45, 2.75) is 25.3 Å². The first-order valence-electron chi connectivity index (χ1n) is 9.52. The predicted octanol–water partition coefficient (Wildman–Crippen LogP) is 3.77. The van der Waals surface area contributed by atoms with Crippen LogP contribution in [0.2, 0.25) is 0 Å². The van der Waals surface area contributed by atoms with Gasteiger partial charge in [0.15, 0.2) is 0 Å². The summed E-state index contributed by atoms with van der Waals surface area (Å²) in [6.07, 6.45) is 3.28. The zero-order valence-corrected chi connectivity index (χ0v) is 15.6. The Labute approximate surface area is 155 Å². The second kappa shape index (κ2) is 7.12. The van der Waals surface area contributed by atoms with Crippen molar-refractivity contribution < 1.29 is 4.79 Å². The Balaban J connectivity index is 1.43. The highest BCUT2D eigenvalue weighted by Crippen LogP contribution is 2.36. The molecule has 0 atom stereocenters. The molecule has 0 unspecified atom stereocenters. The van der Waals surface area contributed by atoms with Crippen molar-refractivity contribution in [1.82, 2.24) is 10.2 Å². The fourth-order valence-corrected chi connectivity index (χ4v) is 4.15. The molecule has 1 saturated carbocycles. The normalized spacial score (nSPS) is 21.4. The maximum absolute atomic E-state index is 12.7. The number of hydrogen-bond acceptors (Lipinski definition) is 2. The van der Waals surface area contributed by atoms with Crippen LogP contribution in [-0.2, 0) is 6.42 Å². The minimum Gasteiger partial charge on any atom is -0.337 e. The van der Waals surface area contributed by atoms with Gasteiger partial charge in [-0.3, -0.25) is 4.90 Å². The number of rotatable bonds is 4. The summed E-state index contributed by atoms with van der Waals surface area (Å²) < 4.78 is 0. The Hall–Kier alpha value is -2.33. The molecular formula is C22H27N3O. The molecule has 136 valence electrons. The summed E-state index contributed by atoms with van der Waals surface area (Å²) in [6, 6.07) is 17.4. The Morgan fingerprint density at radius 1 is 1.12 bits per heavy atom. The number of hydrogen-bond donors (Lipinski definition) is 1. The molecule has 1 N–H and O–H groups in total. The van der Waals surface area contributed by atoms with Crippen LogP contribution in [0.5, 0.6) is 0 Å². The zero-order valence-electron chi connectivity index (χ0n) is 15.6. The van der Waals surface area contributed by atoms with Gasteiger partial charge in [-0.2, -0.15) is 0 Å². The average molecular weight is 349 g/mol. The lowest BCUT2D eigenvalue weighted by Gasteiger charge is -2.39. The van der Waals surface area contributed by atoms with Crippen LogP contribution in [0, 0.1) is 5.92 Å². The van der Waals surface area contributed by atoms with E-state index in [1.54, 1.807) is 0 Å². The lowest BCUT2D eigenvalue weighted by molar-refractivity contribution is 0.124. The van der Waals surface area contributed by atoms with Crippen LogP contribution in [0.1, 0.15) is 18.4 Å². The molecule has 2 aromatic carbocycles. The molecule has 0 aromatic heterocycles. The van der Waals surface area contributed by atoms with Gasteiger partial charge in [0.1, 0.15) is 0 Å². The first-order valence-corrected chi connectivity index (χ1v) is 9.52. The molecule has 4 nitrogen and oxygen atoms in total. The topological polar surface area (TPSA) is 35.6 Å². The summed E-state index contributed by atoms with van der Waals surface area (Å²) in [4.78, 5) is 16.9. The van der Waals surface area contributed by atoms with Gasteiger partial charge in [-0.1, -0.05) is 42.5 Å². The van der Waals surface area contributed by atoms with Crippen molar-refractivity contribution in [2.24, 2.45) is 5.92 Å². The van der Waals surface area contributed by atoms with E-state index in [9.17, 15) is 4.79 Å². The van der Waals surface area contributed by atoms with Crippen molar-refractivity contribution in [2.75, 3.05) is 32.1 Å². The molecule has 2 amide bonds. The molecule has 2 aliphatic rings. The van der Waals surface area contributed by atoms with Crippen LogP contribution >= 0.6 is 0 Å². The third-order valence-corrected chi connectivity index (χ3v) is 5.84. The molecule has 0 saturated heterocycles. The second-order valence-electron chi connectivity index (χ2n) is 7.71. The Morgan fingerprint density at radius 2 is 1.88 bits per heavy atom. The summed E-state index contributed by atoms with van der Waals surface area (Å²) in [5.41, 5.74) is 4.80. The SMILES string of the molecule is CN(C)C1CC(CNC(=O)N2CCc3c(-c4ccccc4)cccc32)C1. The van der Waals surface area contributed by atoms with Gasteiger partial charge in [0.2, 0.25) is 0 Å². The van der Waals surface area contributed by atoms with Gasteiger partial charge < -0.3 is 10.2 Å². The van der Waals surface area contributed by atoms with Crippen LogP contribution in [0.25, 0.3) is 11.1 Å². The van der Waals surface area contributed by atoms with E-state index in [1.165, 1.54) is 29.5 Å². The molecule has 0 radical (unpaired) electrons. The number of fused-ring (bicyclic) bond motifs is 1. The van der Waals surface area contributed by atoms with E-state index >= 15 is 0 Å². The molecule has 4 heteroatoms. The van der Waals surface area contributed by atoms with E-state index in [0.717, 1.165) is 25.2 Å². The smallest absolute Gasteiger partial charge is 0.321 e. The quantitative estimate of drug-likeness (QED) is 0.912. The number of urea groups is 1. The molecular weight excluding hydrogens is 322 g/mol. The Bertz CT molecular complexity index is 781. The van der Waals surface area contributed by atoms with Crippen LogP contribution in [0.3, 0.4) is 0 Å². The first kappa shape index (κ1) is 17.1. The summed E-state index contributed by atoms with van der Waals surface area (Å²) in [5.74, 6) is 0.615. The van der Waals surface area contributed by atoms with Crippen molar-refractivity contribution in [3.63, 3.8) is 0 Å². The fraction of sp³-hybridized carbons (Fsp3) is 0.409. The molecule has 4 rings (SSSR count). The van der Waals surface area contributed by atoms with Gasteiger partial charge in [0.05, 0.1) is 0 Å². The zero-order chi connectivity index (χ0) is 18.1. The van der Waals surface area contributed by atoms with E-state index in [4.69, 9.17) is 0 Å². The average Bonchev–Trinajstić information content (AvgIpc) is 3.05. The highest BCUT2D eigenvalue weighted by molar-refractivity contribution is 5.96. The third kappa shape index (κ3) is 3.21. The van der Waals surface area contributed by atoms with E-state index in [0.29, 0.717) is 12.0 Å². The standard InChI is InChI=1S/C22H27N3O/c1-24(2)18-13-16(14-18)15-23-22(26)25-12-11-20-19(9-6-10-21(20)25)17-7-4-3-5-8-17/h3-10,16,18H,11-15H2,1-2H3,(H,23,26). The summed E-state index contributed by atoms with van der Waals surface area (Å²) in [5, 5.41) is 3.15. The maximum atomic E-state index is 12.7. The van der Waals surface area contributed by atoms with Crippen LogP contribution in [0.4, 0.5) is 10.5 Å². The van der Waals surface area contributed by atoms with Crippen molar-refractivity contribution in [1.29, 1.82) is 0 Å². The van der Waals surface area contributed by atoms with Gasteiger partial charge in [-0.05, 0) is 62.0 Å². The summed E-state index contributed by atoms with van der Waals surface area (Å²) in [7, 11) is 4.26. The van der Waals surface area contributed by atoms with Gasteiger partial charge >= 0.3 is 6.03 Å². The Kier molecular flexibility index (Phi) is 4.68. The van der Waals surface area contributed by atoms with E-state index < -0.39 is 0 Å². The lowest BCUT2D eigenvalue weighted by atomic mass is 9.79. The van der Waals surface area contributed by atoms with Gasteiger partial charge in [0, 0.05) is 24.8 Å². The van der Waals surface area contributed by atoms with Crippen molar-refractivity contribution in [3.05, 3.63) is 54.1 Å². The van der Waals surface area contributed by atoms with Gasteiger partial charge in [0.25, 0.3) is 0 Å². The van der Waals surface area contributed by atoms with Crippen LogP contribution in [0.15, 0.2) is 48.5 Å². The molecule has 0 bridgehead atoms. The molecule has 0 spiro atoms. The lowest BCUT2D eigenvalue weighted by Crippen LogP contribution is -2.47. The third-order valence-electron chi connectivity index (χ3n) is 5.84. The highest BCUT2D eigenvalue weighted by Gasteiger charge is 2.32. The summed E-state index contributed by atoms with van der Waals surface area (Å²) >= 11 is 0. The fourth-order valence-electron chi connectivity index (χ4n) is 4.15. The molecule has 1 aliphatic heterocycles. The maximum Gasteiger partial charge on any atom is 0.321 e. The van der Waals surface area contributed by atoms with Gasteiger partial charge in [-0.25, -0.2) is 4.79 Å². The highest BCUT2D eigenvalue weighted by atomic mass is 16.2. The second-order valence-corrected chi connectivity index (χ2v) is 7.71. The van der Waals surface area contributed by atoms with Crippen LogP contribution in [-0.4, -0.2) is 44.2 Å². The van der Waals surface area contributed by atoms with Crippen molar-refractivity contribution >= 4 is 11.7 Å². The minimum atomic E-state index is 0.0438. The van der Waals surface area contributed by atoms with E-state index in [2.05, 4.69) is 66.8 Å². The first-order chi connectivity index (χ1) is 12.6. The molecule has 26 heavy (non-hydrogen) atoms. The Morgan fingerprint density at radius 3 is 2.62 bits per heavy atom. The number of anilines is 1. The minimum absolute atomic E-state index is 0.0438. The number of benzene rings is 2. The largest absolute Gasteiger partial charge is 0.337 e. The molecule has 1 aliphatic carbocycles. The number of carbonyl (C=O) groups excluding carboxylic acids is 1. The number of amides is 2. The molecule has 2 aromatic rings. The number of nitrogens with one attached hydrogen (secondary N) is 1. The van der Waals surface area contributed by atoms with Crippen LogP contribution < -0.4 is 10.2 Å². The number of nitrogens with zero attached hydrogens (tertiary/aromatic N) is 2. The van der Waals surface area contributed by atoms with E-state index in [1.807, 2.05) is 11.0 Å². The van der Waals surface area contributed by atoms with E-state index in [-0.39, 0.29) is 6.03 Å². The predicted molar refractivity (Wildman–Crippen MR) is 107 cm³/mol.